The van der Waals surface area contributed by atoms with E-state index in [2.05, 4.69) is 10.6 Å². The molecule has 17 heavy (non-hydrogen) atoms. The van der Waals surface area contributed by atoms with Gasteiger partial charge < -0.3 is 16.4 Å². The zero-order valence-electron chi connectivity index (χ0n) is 9.87. The Morgan fingerprint density at radius 2 is 2.06 bits per heavy atom. The van der Waals surface area contributed by atoms with Gasteiger partial charge in [-0.25, -0.2) is 9.18 Å². The summed E-state index contributed by atoms with van der Waals surface area (Å²) in [5, 5.41) is 5.38. The second kappa shape index (κ2) is 6.85. The highest BCUT2D eigenvalue weighted by Crippen LogP contribution is 2.08. The number of nitrogens with one attached hydrogen (secondary N) is 2. The average Bonchev–Trinajstić information content (AvgIpc) is 2.31. The van der Waals surface area contributed by atoms with Gasteiger partial charge in [0, 0.05) is 18.3 Å². The molecule has 5 heteroatoms. The molecular weight excluding hydrogens is 221 g/mol. The van der Waals surface area contributed by atoms with E-state index in [-0.39, 0.29) is 17.9 Å². The highest BCUT2D eigenvalue weighted by molar-refractivity contribution is 5.89. The van der Waals surface area contributed by atoms with Crippen LogP contribution in [0.5, 0.6) is 0 Å². The van der Waals surface area contributed by atoms with Crippen molar-refractivity contribution in [3.63, 3.8) is 0 Å². The summed E-state index contributed by atoms with van der Waals surface area (Å²) in [6, 6.07) is 5.25. The standard InChI is InChI=1S/C12H18FN3O/c1-2-3-11(8-14)16-12(17)15-10-6-4-9(13)5-7-10/h4-7,11H,2-3,8,14H2,1H3,(H2,15,16,17). The first-order chi connectivity index (χ1) is 8.15. The number of hydrogen-bond donors (Lipinski definition) is 3. The lowest BCUT2D eigenvalue weighted by Crippen LogP contribution is -2.42. The zero-order valence-corrected chi connectivity index (χ0v) is 9.87. The maximum atomic E-state index is 12.6. The Kier molecular flexibility index (Phi) is 5.42. The third-order valence-electron chi connectivity index (χ3n) is 2.36. The molecule has 0 aliphatic carbocycles. The fourth-order valence-corrected chi connectivity index (χ4v) is 1.48. The van der Waals surface area contributed by atoms with Crippen molar-refractivity contribution in [3.8, 4) is 0 Å². The van der Waals surface area contributed by atoms with Crippen molar-refractivity contribution < 1.29 is 9.18 Å². The topological polar surface area (TPSA) is 67.1 Å². The summed E-state index contributed by atoms with van der Waals surface area (Å²) in [4.78, 5) is 11.6. The van der Waals surface area contributed by atoms with Crippen LogP contribution >= 0.6 is 0 Å². The zero-order chi connectivity index (χ0) is 12.7. The van der Waals surface area contributed by atoms with Crippen LogP contribution in [0.15, 0.2) is 24.3 Å². The second-order valence-electron chi connectivity index (χ2n) is 3.83. The van der Waals surface area contributed by atoms with Gasteiger partial charge in [-0.05, 0) is 30.7 Å². The lowest BCUT2D eigenvalue weighted by molar-refractivity contribution is 0.248. The molecule has 4 N–H and O–H groups in total. The van der Waals surface area contributed by atoms with Gasteiger partial charge in [0.05, 0.1) is 0 Å². The molecule has 0 aliphatic heterocycles. The van der Waals surface area contributed by atoms with E-state index in [1.165, 1.54) is 24.3 Å². The molecule has 1 unspecified atom stereocenters. The van der Waals surface area contributed by atoms with Crippen LogP contribution in [-0.2, 0) is 0 Å². The Morgan fingerprint density at radius 1 is 1.41 bits per heavy atom. The predicted molar refractivity (Wildman–Crippen MR) is 66.3 cm³/mol. The first kappa shape index (κ1) is 13.4. The summed E-state index contributed by atoms with van der Waals surface area (Å²) in [5.41, 5.74) is 6.08. The van der Waals surface area contributed by atoms with Gasteiger partial charge in [-0.3, -0.25) is 0 Å². The molecule has 1 aromatic rings. The number of carbonyl (C=O) groups excluding carboxylic acids is 1. The van der Waals surface area contributed by atoms with E-state index in [4.69, 9.17) is 5.73 Å². The van der Waals surface area contributed by atoms with Crippen LogP contribution in [0.25, 0.3) is 0 Å². The summed E-state index contributed by atoms with van der Waals surface area (Å²) in [7, 11) is 0. The Hall–Kier alpha value is -1.62. The van der Waals surface area contributed by atoms with E-state index < -0.39 is 0 Å². The fraction of sp³-hybridized carbons (Fsp3) is 0.417. The third-order valence-corrected chi connectivity index (χ3v) is 2.36. The van der Waals surface area contributed by atoms with Gasteiger partial charge >= 0.3 is 6.03 Å². The quantitative estimate of drug-likeness (QED) is 0.736. The van der Waals surface area contributed by atoms with Gasteiger partial charge in [-0.15, -0.1) is 0 Å². The predicted octanol–water partition coefficient (Wildman–Crippen LogP) is 2.07. The summed E-state index contributed by atoms with van der Waals surface area (Å²) in [6.07, 6.45) is 1.80. The molecule has 1 aromatic carbocycles. The van der Waals surface area contributed by atoms with E-state index in [0.29, 0.717) is 12.2 Å². The van der Waals surface area contributed by atoms with Crippen molar-refractivity contribution in [2.45, 2.75) is 25.8 Å². The average molecular weight is 239 g/mol. The second-order valence-corrected chi connectivity index (χ2v) is 3.83. The first-order valence-corrected chi connectivity index (χ1v) is 5.69. The Bertz CT molecular complexity index is 353. The van der Waals surface area contributed by atoms with E-state index in [1.807, 2.05) is 6.92 Å². The number of amides is 2. The molecule has 0 bridgehead atoms. The van der Waals surface area contributed by atoms with Crippen LogP contribution in [-0.4, -0.2) is 18.6 Å². The smallest absolute Gasteiger partial charge is 0.319 e. The number of urea groups is 1. The molecular formula is C12H18FN3O. The number of halogens is 1. The van der Waals surface area contributed by atoms with Crippen LogP contribution in [0, 0.1) is 5.82 Å². The number of rotatable bonds is 5. The Morgan fingerprint density at radius 3 is 2.59 bits per heavy atom. The molecule has 0 aliphatic rings. The van der Waals surface area contributed by atoms with Gasteiger partial charge in [-0.2, -0.15) is 0 Å². The molecule has 0 aromatic heterocycles. The minimum atomic E-state index is -0.332. The maximum absolute atomic E-state index is 12.6. The SMILES string of the molecule is CCCC(CN)NC(=O)Nc1ccc(F)cc1. The molecule has 0 radical (unpaired) electrons. The van der Waals surface area contributed by atoms with Crippen LogP contribution in [0.3, 0.4) is 0 Å². The molecule has 0 saturated heterocycles. The van der Waals surface area contributed by atoms with Crippen LogP contribution in [0.1, 0.15) is 19.8 Å². The molecule has 4 nitrogen and oxygen atoms in total. The summed E-state index contributed by atoms with van der Waals surface area (Å²) < 4.78 is 12.6. The summed E-state index contributed by atoms with van der Waals surface area (Å²) in [6.45, 7) is 2.44. The highest BCUT2D eigenvalue weighted by atomic mass is 19.1. The lowest BCUT2D eigenvalue weighted by atomic mass is 10.2. The number of anilines is 1. The summed E-state index contributed by atoms with van der Waals surface area (Å²) in [5.74, 6) is -0.332. The van der Waals surface area contributed by atoms with Gasteiger partial charge in [-0.1, -0.05) is 13.3 Å². The van der Waals surface area contributed by atoms with Gasteiger partial charge in [0.2, 0.25) is 0 Å². The van der Waals surface area contributed by atoms with Crippen LogP contribution in [0.4, 0.5) is 14.9 Å². The fourth-order valence-electron chi connectivity index (χ4n) is 1.48. The van der Waals surface area contributed by atoms with E-state index in [9.17, 15) is 9.18 Å². The van der Waals surface area contributed by atoms with Crippen molar-refractivity contribution in [1.29, 1.82) is 0 Å². The number of carbonyl (C=O) groups is 1. The van der Waals surface area contributed by atoms with Gasteiger partial charge in [0.1, 0.15) is 5.82 Å². The molecule has 0 fully saturated rings. The minimum absolute atomic E-state index is 0.0274. The first-order valence-electron chi connectivity index (χ1n) is 5.69. The molecule has 1 rings (SSSR count). The van der Waals surface area contributed by atoms with Crippen molar-refractivity contribution in [3.05, 3.63) is 30.1 Å². The number of hydrogen-bond acceptors (Lipinski definition) is 2. The van der Waals surface area contributed by atoms with E-state index in [0.717, 1.165) is 12.8 Å². The molecule has 0 spiro atoms. The number of nitrogens with two attached hydrogens (primary N) is 1. The molecule has 0 saturated carbocycles. The monoisotopic (exact) mass is 239 g/mol. The molecule has 94 valence electrons. The maximum Gasteiger partial charge on any atom is 0.319 e. The van der Waals surface area contributed by atoms with E-state index >= 15 is 0 Å². The van der Waals surface area contributed by atoms with Crippen molar-refractivity contribution in [2.75, 3.05) is 11.9 Å². The lowest BCUT2D eigenvalue weighted by Gasteiger charge is -2.16. The molecule has 2 amide bonds. The Labute approximate surface area is 100 Å². The highest BCUT2D eigenvalue weighted by Gasteiger charge is 2.09. The normalized spacial score (nSPS) is 11.9. The molecule has 1 atom stereocenters. The van der Waals surface area contributed by atoms with Crippen molar-refractivity contribution in [2.24, 2.45) is 5.73 Å². The van der Waals surface area contributed by atoms with Crippen molar-refractivity contribution in [1.82, 2.24) is 5.32 Å². The van der Waals surface area contributed by atoms with Crippen molar-refractivity contribution >= 4 is 11.7 Å². The van der Waals surface area contributed by atoms with Crippen LogP contribution in [0.2, 0.25) is 0 Å². The number of benzene rings is 1. The summed E-state index contributed by atoms with van der Waals surface area (Å²) >= 11 is 0. The molecule has 0 heterocycles. The largest absolute Gasteiger partial charge is 0.334 e. The van der Waals surface area contributed by atoms with Crippen LogP contribution < -0.4 is 16.4 Å². The van der Waals surface area contributed by atoms with Gasteiger partial charge in [0.25, 0.3) is 0 Å². The van der Waals surface area contributed by atoms with E-state index in [1.54, 1.807) is 0 Å². The van der Waals surface area contributed by atoms with Gasteiger partial charge in [0.15, 0.2) is 0 Å². The third kappa shape index (κ3) is 4.82. The minimum Gasteiger partial charge on any atom is -0.334 e. The Balaban J connectivity index is 2.46.